The van der Waals surface area contributed by atoms with E-state index >= 15 is 0 Å². The normalized spacial score (nSPS) is 43.7. The third-order valence-electron chi connectivity index (χ3n) is 3.04. The van der Waals surface area contributed by atoms with E-state index in [4.69, 9.17) is 12.1 Å². The van der Waals surface area contributed by atoms with Crippen molar-refractivity contribution in [2.75, 3.05) is 0 Å². The lowest BCUT2D eigenvalue weighted by molar-refractivity contribution is 0.00578. The van der Waals surface area contributed by atoms with Gasteiger partial charge in [0.05, 0.1) is 11.2 Å². The van der Waals surface area contributed by atoms with Gasteiger partial charge in [0.25, 0.3) is 0 Å². The molecule has 1 atom stereocenters. The predicted molar refractivity (Wildman–Crippen MR) is 49.1 cm³/mol. The Kier molecular flexibility index (Phi) is 1.22. The van der Waals surface area contributed by atoms with Crippen molar-refractivity contribution >= 4 is 7.12 Å². The summed E-state index contributed by atoms with van der Waals surface area (Å²) in [5.74, 6) is -0.0800. The van der Waals surface area contributed by atoms with Gasteiger partial charge in [-0.2, -0.15) is 0 Å². The molecule has 1 unspecified atom stereocenters. The molecule has 2 rings (SSSR count). The first-order chi connectivity index (χ1) is 6.16. The molecule has 2 fully saturated rings. The third kappa shape index (κ3) is 1.19. The molecule has 0 radical (unpaired) electrons. The van der Waals surface area contributed by atoms with Crippen LogP contribution in [0.4, 0.5) is 0 Å². The Morgan fingerprint density at radius 3 is 2.00 bits per heavy atom. The summed E-state index contributed by atoms with van der Waals surface area (Å²) >= 11 is 0. The SMILES string of the molecule is [2H]C1([2H])CC1B1OC(C)(C)C(C)(C)O1. The minimum Gasteiger partial charge on any atom is -0.403 e. The van der Waals surface area contributed by atoms with Crippen molar-refractivity contribution in [1.82, 2.24) is 0 Å². The summed E-state index contributed by atoms with van der Waals surface area (Å²) in [5.41, 5.74) is -0.674. The van der Waals surface area contributed by atoms with E-state index < -0.39 is 6.37 Å². The minimum absolute atomic E-state index is 0.0800. The quantitative estimate of drug-likeness (QED) is 0.562. The van der Waals surface area contributed by atoms with Gasteiger partial charge in [0.2, 0.25) is 0 Å². The summed E-state index contributed by atoms with van der Waals surface area (Å²) in [4.78, 5) is 0. The Bertz CT molecular complexity index is 250. The highest BCUT2D eigenvalue weighted by molar-refractivity contribution is 6.48. The van der Waals surface area contributed by atoms with Gasteiger partial charge >= 0.3 is 7.12 Å². The average molecular weight is 170 g/mol. The van der Waals surface area contributed by atoms with Crippen LogP contribution in [0.1, 0.15) is 43.2 Å². The lowest BCUT2D eigenvalue weighted by Gasteiger charge is -2.32. The van der Waals surface area contributed by atoms with Gasteiger partial charge in [-0.25, -0.2) is 0 Å². The van der Waals surface area contributed by atoms with E-state index in [1.807, 2.05) is 27.7 Å². The van der Waals surface area contributed by atoms with Crippen LogP contribution in [-0.2, 0) is 9.31 Å². The molecule has 3 heteroatoms. The molecule has 1 saturated carbocycles. The molecule has 0 aromatic heterocycles. The second-order valence-corrected chi connectivity index (χ2v) is 4.64. The fourth-order valence-corrected chi connectivity index (χ4v) is 1.31. The third-order valence-corrected chi connectivity index (χ3v) is 3.04. The molecule has 68 valence electrons. The molecule has 1 aliphatic carbocycles. The van der Waals surface area contributed by atoms with E-state index in [0.717, 1.165) is 0 Å². The number of hydrogen-bond donors (Lipinski definition) is 0. The lowest BCUT2D eigenvalue weighted by atomic mass is 9.82. The topological polar surface area (TPSA) is 18.5 Å². The fourth-order valence-electron chi connectivity index (χ4n) is 1.31. The number of hydrogen-bond acceptors (Lipinski definition) is 2. The zero-order valence-corrected chi connectivity index (χ0v) is 8.18. The van der Waals surface area contributed by atoms with Gasteiger partial charge in [-0.05, 0) is 33.5 Å². The highest BCUT2D eigenvalue weighted by Crippen LogP contribution is 2.48. The Labute approximate surface area is 77.6 Å². The second kappa shape index (κ2) is 2.27. The summed E-state index contributed by atoms with van der Waals surface area (Å²) in [5, 5.41) is 0. The van der Waals surface area contributed by atoms with Gasteiger partial charge in [0.1, 0.15) is 0 Å². The van der Waals surface area contributed by atoms with Gasteiger partial charge < -0.3 is 9.31 Å². The van der Waals surface area contributed by atoms with Crippen LogP contribution in [0.3, 0.4) is 0 Å². The van der Waals surface area contributed by atoms with Gasteiger partial charge in [-0.3, -0.25) is 0 Å². The average Bonchev–Trinajstić information content (AvgIpc) is 2.49. The van der Waals surface area contributed by atoms with Crippen molar-refractivity contribution < 1.29 is 12.1 Å². The molecule has 1 saturated heterocycles. The summed E-state index contributed by atoms with van der Waals surface area (Å²) in [6, 6.07) is 0. The van der Waals surface area contributed by atoms with Crippen LogP contribution in [0.5, 0.6) is 0 Å². The van der Waals surface area contributed by atoms with E-state index in [0.29, 0.717) is 6.42 Å². The van der Waals surface area contributed by atoms with E-state index in [1.54, 1.807) is 0 Å². The highest BCUT2D eigenvalue weighted by atomic mass is 16.7. The van der Waals surface area contributed by atoms with E-state index in [2.05, 4.69) is 0 Å². The van der Waals surface area contributed by atoms with Gasteiger partial charge in [-0.1, -0.05) is 12.8 Å². The van der Waals surface area contributed by atoms with Crippen molar-refractivity contribution in [3.05, 3.63) is 0 Å². The van der Waals surface area contributed by atoms with Crippen LogP contribution in [0.2, 0.25) is 5.82 Å². The molecule has 0 aromatic rings. The van der Waals surface area contributed by atoms with Crippen molar-refractivity contribution in [2.24, 2.45) is 0 Å². The summed E-state index contributed by atoms with van der Waals surface area (Å²) in [6.45, 7) is 7.96. The first kappa shape index (κ1) is 6.44. The van der Waals surface area contributed by atoms with Crippen LogP contribution < -0.4 is 0 Å². The zero-order valence-electron chi connectivity index (χ0n) is 10.2. The maximum atomic E-state index is 7.54. The second-order valence-electron chi connectivity index (χ2n) is 4.64. The van der Waals surface area contributed by atoms with E-state index in [1.165, 1.54) is 0 Å². The van der Waals surface area contributed by atoms with Gasteiger partial charge in [0.15, 0.2) is 0 Å². The molecular weight excluding hydrogens is 151 g/mol. The maximum absolute atomic E-state index is 7.54. The Morgan fingerprint density at radius 1 is 1.25 bits per heavy atom. The van der Waals surface area contributed by atoms with E-state index in [-0.39, 0.29) is 24.1 Å². The molecule has 0 aromatic carbocycles. The van der Waals surface area contributed by atoms with Crippen molar-refractivity contribution in [3.63, 3.8) is 0 Å². The van der Waals surface area contributed by atoms with Crippen molar-refractivity contribution in [2.45, 2.75) is 57.5 Å². The smallest absolute Gasteiger partial charge is 0.403 e. The first-order valence-corrected chi connectivity index (χ1v) is 4.51. The minimum atomic E-state index is -1.08. The molecule has 1 heterocycles. The first-order valence-electron chi connectivity index (χ1n) is 5.51. The Balaban J connectivity index is 2.08. The molecule has 1 aliphatic heterocycles. The van der Waals surface area contributed by atoms with Gasteiger partial charge in [-0.15, -0.1) is 0 Å². The molecular formula is C9H17BO2. The molecule has 0 bridgehead atoms. The summed E-state index contributed by atoms with van der Waals surface area (Å²) < 4.78 is 26.6. The molecule has 0 spiro atoms. The van der Waals surface area contributed by atoms with Crippen LogP contribution in [0, 0.1) is 0 Å². The monoisotopic (exact) mass is 170 g/mol. The van der Waals surface area contributed by atoms with Crippen LogP contribution in [0.15, 0.2) is 0 Å². The highest BCUT2D eigenvalue weighted by Gasteiger charge is 2.55. The largest absolute Gasteiger partial charge is 0.461 e. The van der Waals surface area contributed by atoms with Gasteiger partial charge in [0, 0.05) is 2.74 Å². The molecule has 0 amide bonds. The van der Waals surface area contributed by atoms with Crippen LogP contribution in [0.25, 0.3) is 0 Å². The molecule has 0 N–H and O–H groups in total. The predicted octanol–water partition coefficient (Wildman–Crippen LogP) is 2.24. The maximum Gasteiger partial charge on any atom is 0.461 e. The summed E-state index contributed by atoms with van der Waals surface area (Å²) in [7, 11) is -0.366. The molecule has 2 aliphatic rings. The van der Waals surface area contributed by atoms with Crippen LogP contribution >= 0.6 is 0 Å². The molecule has 12 heavy (non-hydrogen) atoms. The number of rotatable bonds is 1. The Hall–Kier alpha value is -0.0151. The fraction of sp³-hybridized carbons (Fsp3) is 1.00. The van der Waals surface area contributed by atoms with E-state index in [9.17, 15) is 0 Å². The van der Waals surface area contributed by atoms with Crippen molar-refractivity contribution in [3.8, 4) is 0 Å². The Morgan fingerprint density at radius 2 is 1.67 bits per heavy atom. The standard InChI is InChI=1S/C9H17BO2/c1-8(2)9(3,4)12-10(11-8)7-5-6-7/h7H,5-6H2,1-4H3/i5D2. The van der Waals surface area contributed by atoms with Crippen LogP contribution in [-0.4, -0.2) is 18.3 Å². The lowest BCUT2D eigenvalue weighted by Crippen LogP contribution is -2.41. The molecule has 2 nitrogen and oxygen atoms in total. The summed E-state index contributed by atoms with van der Waals surface area (Å²) in [6.07, 6.45) is -0.523. The van der Waals surface area contributed by atoms with Crippen molar-refractivity contribution in [1.29, 1.82) is 0 Å². The zero-order chi connectivity index (χ0) is 10.8.